The number of piperazine rings is 1. The van der Waals surface area contributed by atoms with Gasteiger partial charge in [0, 0.05) is 55.7 Å². The maximum atomic E-state index is 12.7. The van der Waals surface area contributed by atoms with E-state index >= 15 is 0 Å². The van der Waals surface area contributed by atoms with Gasteiger partial charge >= 0.3 is 0 Å². The highest BCUT2D eigenvalue weighted by Crippen LogP contribution is 2.33. The molecule has 1 amide bonds. The molecular formula is C23H22N6OS. The average molecular weight is 431 g/mol. The van der Waals surface area contributed by atoms with E-state index < -0.39 is 0 Å². The van der Waals surface area contributed by atoms with E-state index in [4.69, 9.17) is 4.98 Å². The molecule has 3 aromatic heterocycles. The first-order chi connectivity index (χ1) is 15.2. The van der Waals surface area contributed by atoms with Gasteiger partial charge in [-0.2, -0.15) is 0 Å². The number of anilines is 2. The Bertz CT molecular complexity index is 1200. The molecule has 7 nitrogen and oxygen atoms in total. The van der Waals surface area contributed by atoms with Crippen molar-refractivity contribution in [2.24, 2.45) is 0 Å². The van der Waals surface area contributed by atoms with Gasteiger partial charge < -0.3 is 15.1 Å². The van der Waals surface area contributed by atoms with E-state index in [1.807, 2.05) is 17.8 Å². The van der Waals surface area contributed by atoms with Gasteiger partial charge in [-0.15, -0.1) is 11.3 Å². The second-order valence-electron chi connectivity index (χ2n) is 7.61. The molecule has 0 aliphatic carbocycles. The molecule has 8 heteroatoms. The lowest BCUT2D eigenvalue weighted by Crippen LogP contribution is -2.45. The van der Waals surface area contributed by atoms with E-state index in [0.29, 0.717) is 11.4 Å². The summed E-state index contributed by atoms with van der Waals surface area (Å²) in [6, 6.07) is 11.7. The minimum Gasteiger partial charge on any atom is -0.353 e. The highest BCUT2D eigenvalue weighted by atomic mass is 32.1. The van der Waals surface area contributed by atoms with Gasteiger partial charge in [0.2, 0.25) is 0 Å². The number of hydrogen-bond donors (Lipinski definition) is 1. The van der Waals surface area contributed by atoms with Crippen LogP contribution in [-0.4, -0.2) is 59.0 Å². The predicted octanol–water partition coefficient (Wildman–Crippen LogP) is 3.76. The number of aromatic nitrogens is 3. The number of fused-ring (bicyclic) bond motifs is 1. The van der Waals surface area contributed by atoms with Crippen LogP contribution in [0.1, 0.15) is 10.4 Å². The molecule has 4 aromatic rings. The van der Waals surface area contributed by atoms with Crippen molar-refractivity contribution in [1.82, 2.24) is 19.9 Å². The topological polar surface area (TPSA) is 74.2 Å². The Labute approximate surface area is 184 Å². The molecule has 0 saturated carbocycles. The first-order valence-corrected chi connectivity index (χ1v) is 11.0. The molecule has 5 rings (SSSR count). The molecule has 1 aliphatic rings. The number of rotatable bonds is 4. The molecule has 1 aromatic carbocycles. The lowest BCUT2D eigenvalue weighted by atomic mass is 10.1. The van der Waals surface area contributed by atoms with Crippen molar-refractivity contribution in [3.05, 3.63) is 66.1 Å². The quantitative estimate of drug-likeness (QED) is 0.531. The number of nitrogens with zero attached hydrogens (tertiary/aromatic N) is 5. The number of likely N-dealkylation sites (N-methyl/N-ethyl adjacent to an activating group) is 1. The Morgan fingerprint density at radius 3 is 2.58 bits per heavy atom. The summed E-state index contributed by atoms with van der Waals surface area (Å²) in [5.74, 6) is 1.26. The van der Waals surface area contributed by atoms with E-state index in [1.54, 1.807) is 35.9 Å². The number of amides is 1. The largest absolute Gasteiger partial charge is 0.353 e. The van der Waals surface area contributed by atoms with Crippen LogP contribution in [0.5, 0.6) is 0 Å². The maximum absolute atomic E-state index is 12.7. The summed E-state index contributed by atoms with van der Waals surface area (Å²) in [6.07, 6.45) is 5.10. The molecule has 1 N–H and O–H groups in total. The summed E-state index contributed by atoms with van der Waals surface area (Å²) in [6.45, 7) is 3.76. The fraction of sp³-hybridized carbons (Fsp3) is 0.217. The zero-order chi connectivity index (χ0) is 21.2. The third-order valence-electron chi connectivity index (χ3n) is 5.51. The maximum Gasteiger partial charge on any atom is 0.256 e. The molecule has 1 aliphatic heterocycles. The van der Waals surface area contributed by atoms with Gasteiger partial charge in [-0.3, -0.25) is 14.8 Å². The van der Waals surface area contributed by atoms with Gasteiger partial charge in [-0.1, -0.05) is 12.1 Å². The number of thiazole rings is 1. The zero-order valence-corrected chi connectivity index (χ0v) is 18.0. The third-order valence-corrected chi connectivity index (χ3v) is 6.34. The van der Waals surface area contributed by atoms with E-state index in [1.165, 1.54) is 0 Å². The molecular weight excluding hydrogens is 408 g/mol. The SMILES string of the molecule is CN1CCN(c2nc(NC(=O)c3ccncc3)cc3cc(-c4cncs4)ccc23)CC1. The van der Waals surface area contributed by atoms with Crippen LogP contribution >= 0.6 is 11.3 Å². The van der Waals surface area contributed by atoms with Crippen LogP contribution in [0.3, 0.4) is 0 Å². The van der Waals surface area contributed by atoms with Gasteiger partial charge in [-0.25, -0.2) is 4.98 Å². The molecule has 156 valence electrons. The zero-order valence-electron chi connectivity index (χ0n) is 17.2. The fourth-order valence-electron chi connectivity index (χ4n) is 3.77. The van der Waals surface area contributed by atoms with E-state index in [9.17, 15) is 4.79 Å². The molecule has 0 atom stereocenters. The number of benzene rings is 1. The van der Waals surface area contributed by atoms with Crippen molar-refractivity contribution in [2.45, 2.75) is 0 Å². The van der Waals surface area contributed by atoms with Gasteiger partial charge in [0.25, 0.3) is 5.91 Å². The van der Waals surface area contributed by atoms with Crippen LogP contribution in [0.2, 0.25) is 0 Å². The Morgan fingerprint density at radius 1 is 1.03 bits per heavy atom. The molecule has 31 heavy (non-hydrogen) atoms. The van der Waals surface area contributed by atoms with E-state index in [-0.39, 0.29) is 5.91 Å². The van der Waals surface area contributed by atoms with Gasteiger partial charge in [0.15, 0.2) is 0 Å². The number of hydrogen-bond acceptors (Lipinski definition) is 7. The molecule has 0 unspecified atom stereocenters. The summed E-state index contributed by atoms with van der Waals surface area (Å²) in [7, 11) is 2.13. The Balaban J connectivity index is 1.56. The highest BCUT2D eigenvalue weighted by molar-refractivity contribution is 7.13. The van der Waals surface area contributed by atoms with E-state index in [2.05, 4.69) is 50.3 Å². The lowest BCUT2D eigenvalue weighted by molar-refractivity contribution is 0.102. The normalized spacial score (nSPS) is 14.7. The van der Waals surface area contributed by atoms with Crippen molar-refractivity contribution in [1.29, 1.82) is 0 Å². The Hall–Kier alpha value is -3.36. The minimum absolute atomic E-state index is 0.197. The number of pyridine rings is 2. The average Bonchev–Trinajstić information content (AvgIpc) is 3.34. The first-order valence-electron chi connectivity index (χ1n) is 10.2. The third kappa shape index (κ3) is 4.12. The van der Waals surface area contributed by atoms with Crippen LogP contribution in [-0.2, 0) is 0 Å². The van der Waals surface area contributed by atoms with Crippen molar-refractivity contribution >= 4 is 39.7 Å². The molecule has 0 spiro atoms. The summed E-state index contributed by atoms with van der Waals surface area (Å²) >= 11 is 1.61. The fourth-order valence-corrected chi connectivity index (χ4v) is 4.39. The summed E-state index contributed by atoms with van der Waals surface area (Å²) in [5, 5.41) is 5.09. The van der Waals surface area contributed by atoms with Crippen LogP contribution < -0.4 is 10.2 Å². The summed E-state index contributed by atoms with van der Waals surface area (Å²) in [4.78, 5) is 31.5. The molecule has 4 heterocycles. The second kappa shape index (κ2) is 8.41. The second-order valence-corrected chi connectivity index (χ2v) is 8.50. The molecule has 1 saturated heterocycles. The highest BCUT2D eigenvalue weighted by Gasteiger charge is 2.19. The van der Waals surface area contributed by atoms with Gasteiger partial charge in [-0.05, 0) is 42.3 Å². The van der Waals surface area contributed by atoms with Crippen LogP contribution in [0.4, 0.5) is 11.6 Å². The van der Waals surface area contributed by atoms with Gasteiger partial charge in [0.1, 0.15) is 11.6 Å². The van der Waals surface area contributed by atoms with Crippen molar-refractivity contribution < 1.29 is 4.79 Å². The number of nitrogens with one attached hydrogen (secondary N) is 1. The van der Waals surface area contributed by atoms with Crippen LogP contribution in [0, 0.1) is 0 Å². The molecule has 1 fully saturated rings. The Morgan fingerprint density at radius 2 is 1.84 bits per heavy atom. The standard InChI is InChI=1S/C23H22N6OS/c1-28-8-10-29(11-9-28)22-19-3-2-17(20-14-25-15-31-20)12-18(19)13-21(26-22)27-23(30)16-4-6-24-7-5-16/h2-7,12-15H,8-11H2,1H3,(H,26,27,30). The predicted molar refractivity (Wildman–Crippen MR) is 125 cm³/mol. The lowest BCUT2D eigenvalue weighted by Gasteiger charge is -2.34. The Kier molecular flexibility index (Phi) is 5.31. The van der Waals surface area contributed by atoms with Crippen LogP contribution in [0.25, 0.3) is 21.2 Å². The van der Waals surface area contributed by atoms with Crippen molar-refractivity contribution in [3.63, 3.8) is 0 Å². The minimum atomic E-state index is -0.197. The monoisotopic (exact) mass is 430 g/mol. The first kappa shape index (κ1) is 19.6. The smallest absolute Gasteiger partial charge is 0.256 e. The van der Waals surface area contributed by atoms with Crippen molar-refractivity contribution in [3.8, 4) is 10.4 Å². The van der Waals surface area contributed by atoms with Crippen molar-refractivity contribution in [2.75, 3.05) is 43.4 Å². The molecule has 0 bridgehead atoms. The molecule has 0 radical (unpaired) electrons. The summed E-state index contributed by atoms with van der Waals surface area (Å²) < 4.78 is 0. The van der Waals surface area contributed by atoms with E-state index in [0.717, 1.165) is 53.2 Å². The number of carbonyl (C=O) groups excluding carboxylic acids is 1. The van der Waals surface area contributed by atoms with Crippen LogP contribution in [0.15, 0.2) is 60.5 Å². The van der Waals surface area contributed by atoms with Gasteiger partial charge in [0.05, 0.1) is 10.4 Å². The number of carbonyl (C=O) groups is 1. The summed E-state index contributed by atoms with van der Waals surface area (Å²) in [5.41, 5.74) is 3.50.